The number of hydrogen-bond donors (Lipinski definition) is 1. The summed E-state index contributed by atoms with van der Waals surface area (Å²) in [6, 6.07) is 6.15. The van der Waals surface area contributed by atoms with Crippen molar-refractivity contribution in [1.29, 1.82) is 5.26 Å². The highest BCUT2D eigenvalue weighted by molar-refractivity contribution is 7.10. The van der Waals surface area contributed by atoms with Gasteiger partial charge in [-0.3, -0.25) is 0 Å². The fourth-order valence-corrected chi connectivity index (χ4v) is 3.75. The predicted octanol–water partition coefficient (Wildman–Crippen LogP) is 4.07. The van der Waals surface area contributed by atoms with Crippen LogP contribution in [0.15, 0.2) is 23.6 Å². The summed E-state index contributed by atoms with van der Waals surface area (Å²) in [6.07, 6.45) is 3.15. The smallest absolute Gasteiger partial charge is 0.131 e. The SMILES string of the molecule is N#Cc1cc(F)c(CNC2CCCc3sccc32)c(F)c1. The molecule has 1 unspecified atom stereocenters. The average Bonchev–Trinajstić information content (AvgIpc) is 2.95. The molecule has 0 aliphatic heterocycles. The molecular formula is C16H14F2N2S. The van der Waals surface area contributed by atoms with Crippen molar-refractivity contribution < 1.29 is 8.78 Å². The summed E-state index contributed by atoms with van der Waals surface area (Å²) in [5.74, 6) is -1.33. The number of fused-ring (bicyclic) bond motifs is 1. The van der Waals surface area contributed by atoms with Gasteiger partial charge in [0.25, 0.3) is 0 Å². The molecule has 1 N–H and O–H groups in total. The number of thiophene rings is 1. The molecule has 0 saturated carbocycles. The maximum Gasteiger partial charge on any atom is 0.131 e. The van der Waals surface area contributed by atoms with Crippen LogP contribution in [0.4, 0.5) is 8.78 Å². The van der Waals surface area contributed by atoms with Gasteiger partial charge in [-0.05, 0) is 48.4 Å². The summed E-state index contributed by atoms with van der Waals surface area (Å²) in [6.45, 7) is 0.128. The molecule has 2 aromatic rings. The Kier molecular flexibility index (Phi) is 4.00. The quantitative estimate of drug-likeness (QED) is 0.928. The van der Waals surface area contributed by atoms with E-state index in [0.29, 0.717) is 0 Å². The zero-order valence-electron chi connectivity index (χ0n) is 11.3. The second kappa shape index (κ2) is 5.92. The van der Waals surface area contributed by atoms with E-state index in [-0.39, 0.29) is 23.7 Å². The van der Waals surface area contributed by atoms with E-state index in [4.69, 9.17) is 5.26 Å². The third kappa shape index (κ3) is 2.82. The third-order valence-corrected chi connectivity index (χ3v) is 4.84. The average molecular weight is 304 g/mol. The first-order valence-electron chi connectivity index (χ1n) is 6.86. The fraction of sp³-hybridized carbons (Fsp3) is 0.312. The first-order valence-corrected chi connectivity index (χ1v) is 7.74. The minimum absolute atomic E-state index is 0.00338. The van der Waals surface area contributed by atoms with Gasteiger partial charge in [-0.25, -0.2) is 8.78 Å². The summed E-state index contributed by atoms with van der Waals surface area (Å²) in [5.41, 5.74) is 1.25. The van der Waals surface area contributed by atoms with Crippen molar-refractivity contribution in [3.8, 4) is 6.07 Å². The van der Waals surface area contributed by atoms with Gasteiger partial charge in [0, 0.05) is 23.0 Å². The molecule has 1 aliphatic carbocycles. The van der Waals surface area contributed by atoms with Crippen LogP contribution in [0.3, 0.4) is 0 Å². The van der Waals surface area contributed by atoms with E-state index < -0.39 is 11.6 Å². The first-order chi connectivity index (χ1) is 10.2. The molecule has 108 valence electrons. The van der Waals surface area contributed by atoms with Crippen LogP contribution in [0.2, 0.25) is 0 Å². The lowest BCUT2D eigenvalue weighted by Gasteiger charge is -2.24. The number of aryl methyl sites for hydroxylation is 1. The van der Waals surface area contributed by atoms with E-state index >= 15 is 0 Å². The van der Waals surface area contributed by atoms with E-state index in [1.54, 1.807) is 17.4 Å². The van der Waals surface area contributed by atoms with Crippen molar-refractivity contribution in [2.75, 3.05) is 0 Å². The van der Waals surface area contributed by atoms with Crippen LogP contribution in [0.25, 0.3) is 0 Å². The number of benzene rings is 1. The lowest BCUT2D eigenvalue weighted by atomic mass is 9.94. The van der Waals surface area contributed by atoms with Crippen LogP contribution >= 0.6 is 11.3 Å². The van der Waals surface area contributed by atoms with Crippen LogP contribution < -0.4 is 5.32 Å². The lowest BCUT2D eigenvalue weighted by Crippen LogP contribution is -2.24. The highest BCUT2D eigenvalue weighted by Gasteiger charge is 2.21. The van der Waals surface area contributed by atoms with E-state index in [0.717, 1.165) is 31.4 Å². The number of rotatable bonds is 3. The van der Waals surface area contributed by atoms with Crippen molar-refractivity contribution in [3.05, 3.63) is 56.8 Å². The standard InChI is InChI=1S/C16H14F2N2S/c17-13-6-10(8-19)7-14(18)12(13)9-20-15-2-1-3-16-11(15)4-5-21-16/h4-7,15,20H,1-3,9H2. The molecule has 0 radical (unpaired) electrons. The van der Waals surface area contributed by atoms with Gasteiger partial charge in [0.15, 0.2) is 0 Å². The first kappa shape index (κ1) is 14.2. The molecule has 0 amide bonds. The Labute approximate surface area is 126 Å². The molecule has 0 fully saturated rings. The molecular weight excluding hydrogens is 290 g/mol. The van der Waals surface area contributed by atoms with Gasteiger partial charge in [0.2, 0.25) is 0 Å². The zero-order chi connectivity index (χ0) is 14.8. The molecule has 1 aromatic carbocycles. The molecule has 0 spiro atoms. The molecule has 3 rings (SSSR count). The van der Waals surface area contributed by atoms with Crippen LogP contribution in [0.5, 0.6) is 0 Å². The van der Waals surface area contributed by atoms with Gasteiger partial charge in [-0.1, -0.05) is 0 Å². The van der Waals surface area contributed by atoms with Crippen LogP contribution in [0, 0.1) is 23.0 Å². The Morgan fingerprint density at radius 3 is 2.81 bits per heavy atom. The Morgan fingerprint density at radius 2 is 2.10 bits per heavy atom. The topological polar surface area (TPSA) is 35.8 Å². The largest absolute Gasteiger partial charge is 0.306 e. The third-order valence-electron chi connectivity index (χ3n) is 3.85. The molecule has 2 nitrogen and oxygen atoms in total. The number of nitrogens with one attached hydrogen (secondary N) is 1. The number of hydrogen-bond acceptors (Lipinski definition) is 3. The maximum absolute atomic E-state index is 13.9. The van der Waals surface area contributed by atoms with Crippen molar-refractivity contribution in [2.24, 2.45) is 0 Å². The maximum atomic E-state index is 13.9. The molecule has 5 heteroatoms. The number of nitriles is 1. The Bertz CT molecular complexity index is 680. The normalized spacial score (nSPS) is 17.3. The molecule has 21 heavy (non-hydrogen) atoms. The summed E-state index contributed by atoms with van der Waals surface area (Å²) < 4.78 is 27.7. The van der Waals surface area contributed by atoms with E-state index in [2.05, 4.69) is 16.8 Å². The van der Waals surface area contributed by atoms with Gasteiger partial charge in [-0.2, -0.15) is 5.26 Å². The van der Waals surface area contributed by atoms with Crippen LogP contribution in [-0.2, 0) is 13.0 Å². The minimum Gasteiger partial charge on any atom is -0.306 e. The van der Waals surface area contributed by atoms with Gasteiger partial charge in [0.1, 0.15) is 11.6 Å². The molecule has 1 atom stereocenters. The van der Waals surface area contributed by atoms with Crippen LogP contribution in [0.1, 0.15) is 40.5 Å². The van der Waals surface area contributed by atoms with Crippen molar-refractivity contribution in [2.45, 2.75) is 31.8 Å². The predicted molar refractivity (Wildman–Crippen MR) is 77.9 cm³/mol. The summed E-state index contributed by atoms with van der Waals surface area (Å²) in [4.78, 5) is 1.36. The molecule has 0 saturated heterocycles. The molecule has 1 aromatic heterocycles. The minimum atomic E-state index is -0.666. The Balaban J connectivity index is 1.77. The van der Waals surface area contributed by atoms with Crippen molar-refractivity contribution in [3.63, 3.8) is 0 Å². The van der Waals surface area contributed by atoms with E-state index in [9.17, 15) is 8.78 Å². The Hall–Kier alpha value is -1.77. The van der Waals surface area contributed by atoms with E-state index in [1.807, 2.05) is 0 Å². The van der Waals surface area contributed by atoms with Gasteiger partial charge in [-0.15, -0.1) is 11.3 Å². The van der Waals surface area contributed by atoms with Gasteiger partial charge in [0.05, 0.1) is 11.6 Å². The fourth-order valence-electron chi connectivity index (χ4n) is 2.76. The molecule has 1 aliphatic rings. The summed E-state index contributed by atoms with van der Waals surface area (Å²) in [5, 5.41) is 14.0. The summed E-state index contributed by atoms with van der Waals surface area (Å²) >= 11 is 1.74. The Morgan fingerprint density at radius 1 is 1.33 bits per heavy atom. The highest BCUT2D eigenvalue weighted by atomic mass is 32.1. The van der Waals surface area contributed by atoms with Crippen molar-refractivity contribution in [1.82, 2.24) is 5.32 Å². The number of halogens is 2. The second-order valence-corrected chi connectivity index (χ2v) is 6.16. The lowest BCUT2D eigenvalue weighted by molar-refractivity contribution is 0.446. The highest BCUT2D eigenvalue weighted by Crippen LogP contribution is 2.33. The number of nitrogens with zero attached hydrogens (tertiary/aromatic N) is 1. The second-order valence-electron chi connectivity index (χ2n) is 5.16. The molecule has 0 bridgehead atoms. The van der Waals surface area contributed by atoms with Gasteiger partial charge < -0.3 is 5.32 Å². The van der Waals surface area contributed by atoms with Gasteiger partial charge >= 0.3 is 0 Å². The molecule has 1 heterocycles. The summed E-state index contributed by atoms with van der Waals surface area (Å²) in [7, 11) is 0. The monoisotopic (exact) mass is 304 g/mol. The van der Waals surface area contributed by atoms with E-state index in [1.165, 1.54) is 10.4 Å². The van der Waals surface area contributed by atoms with Crippen LogP contribution in [-0.4, -0.2) is 0 Å². The van der Waals surface area contributed by atoms with Crippen molar-refractivity contribution >= 4 is 11.3 Å². The zero-order valence-corrected chi connectivity index (χ0v) is 12.1.